The van der Waals surface area contributed by atoms with Crippen LogP contribution in [0.25, 0.3) is 0 Å². The Morgan fingerprint density at radius 3 is 2.68 bits per heavy atom. The van der Waals surface area contributed by atoms with Crippen LogP contribution in [0.1, 0.15) is 22.5 Å². The van der Waals surface area contributed by atoms with Crippen molar-refractivity contribution in [3.63, 3.8) is 0 Å². The van der Waals surface area contributed by atoms with Gasteiger partial charge in [0, 0.05) is 24.3 Å². The van der Waals surface area contributed by atoms with Gasteiger partial charge in [-0.05, 0) is 43.0 Å². The Balaban J connectivity index is 0.00000176. The van der Waals surface area contributed by atoms with Crippen LogP contribution >= 0.6 is 24.0 Å². The SMILES string of the molecule is Cl.O=C1c2cccnc2CC(CCCl)CN1c1ccccc1. The molecule has 0 radical (unpaired) electrons. The van der Waals surface area contributed by atoms with E-state index < -0.39 is 0 Å². The lowest BCUT2D eigenvalue weighted by Crippen LogP contribution is -2.33. The molecule has 3 rings (SSSR count). The molecule has 0 aliphatic carbocycles. The molecule has 1 amide bonds. The number of pyridine rings is 1. The number of benzene rings is 1. The van der Waals surface area contributed by atoms with Gasteiger partial charge in [-0.25, -0.2) is 0 Å². The van der Waals surface area contributed by atoms with E-state index in [1.54, 1.807) is 6.20 Å². The van der Waals surface area contributed by atoms with Crippen LogP contribution in [0.2, 0.25) is 0 Å². The smallest absolute Gasteiger partial charge is 0.260 e. The molecule has 0 saturated carbocycles. The molecule has 3 nitrogen and oxygen atoms in total. The van der Waals surface area contributed by atoms with Crippen molar-refractivity contribution in [3.8, 4) is 0 Å². The van der Waals surface area contributed by atoms with Crippen LogP contribution in [-0.2, 0) is 6.42 Å². The average Bonchev–Trinajstić information content (AvgIpc) is 2.66. The van der Waals surface area contributed by atoms with Crippen LogP contribution < -0.4 is 4.90 Å². The molecule has 1 aromatic heterocycles. The number of aromatic nitrogens is 1. The summed E-state index contributed by atoms with van der Waals surface area (Å²) in [6, 6.07) is 13.5. The number of amides is 1. The van der Waals surface area contributed by atoms with E-state index in [2.05, 4.69) is 4.98 Å². The van der Waals surface area contributed by atoms with Crippen molar-refractivity contribution in [2.75, 3.05) is 17.3 Å². The van der Waals surface area contributed by atoms with Crippen LogP contribution in [0.5, 0.6) is 0 Å². The molecule has 1 atom stereocenters. The maximum atomic E-state index is 12.8. The molecule has 0 N–H and O–H groups in total. The van der Waals surface area contributed by atoms with Gasteiger partial charge in [0.1, 0.15) is 0 Å². The van der Waals surface area contributed by atoms with E-state index >= 15 is 0 Å². The van der Waals surface area contributed by atoms with Gasteiger partial charge in [0.25, 0.3) is 5.91 Å². The van der Waals surface area contributed by atoms with Gasteiger partial charge >= 0.3 is 0 Å². The minimum atomic E-state index is 0. The molecule has 0 saturated heterocycles. The van der Waals surface area contributed by atoms with Gasteiger partial charge in [-0.15, -0.1) is 24.0 Å². The van der Waals surface area contributed by atoms with E-state index in [1.807, 2.05) is 47.4 Å². The number of alkyl halides is 1. The first kappa shape index (κ1) is 16.8. The van der Waals surface area contributed by atoms with Crippen LogP contribution in [0.4, 0.5) is 5.69 Å². The maximum Gasteiger partial charge on any atom is 0.260 e. The molecule has 22 heavy (non-hydrogen) atoms. The standard InChI is InChI=1S/C17H17ClN2O.ClH/c18-9-8-13-11-16-15(7-4-10-19-16)17(21)20(12-13)14-5-2-1-3-6-14;/h1-7,10,13H,8-9,11-12H2;1H. The number of fused-ring (bicyclic) bond motifs is 1. The van der Waals surface area contributed by atoms with Gasteiger partial charge in [-0.2, -0.15) is 0 Å². The molecule has 1 unspecified atom stereocenters. The number of carbonyl (C=O) groups is 1. The number of nitrogens with zero attached hydrogens (tertiary/aromatic N) is 2. The Hall–Kier alpha value is -1.58. The van der Waals surface area contributed by atoms with Crippen molar-refractivity contribution in [1.29, 1.82) is 0 Å². The molecule has 1 aliphatic rings. The molecule has 1 aliphatic heterocycles. The summed E-state index contributed by atoms with van der Waals surface area (Å²) in [7, 11) is 0. The van der Waals surface area contributed by atoms with E-state index in [9.17, 15) is 4.79 Å². The lowest BCUT2D eigenvalue weighted by Gasteiger charge is -2.24. The van der Waals surface area contributed by atoms with Gasteiger partial charge in [0.2, 0.25) is 0 Å². The van der Waals surface area contributed by atoms with Gasteiger partial charge < -0.3 is 4.90 Å². The second kappa shape index (κ2) is 7.61. The predicted octanol–water partition coefficient (Wildman–Crippen LogP) is 3.95. The molecule has 0 bridgehead atoms. The molecule has 2 aromatic rings. The highest BCUT2D eigenvalue weighted by molar-refractivity contribution is 6.17. The number of rotatable bonds is 3. The number of carbonyl (C=O) groups excluding carboxylic acids is 1. The molecular weight excluding hydrogens is 319 g/mol. The highest BCUT2D eigenvalue weighted by Gasteiger charge is 2.28. The van der Waals surface area contributed by atoms with Crippen molar-refractivity contribution in [2.45, 2.75) is 12.8 Å². The summed E-state index contributed by atoms with van der Waals surface area (Å²) in [6.07, 6.45) is 3.44. The first-order chi connectivity index (χ1) is 10.3. The van der Waals surface area contributed by atoms with Crippen molar-refractivity contribution in [3.05, 3.63) is 59.9 Å². The first-order valence-electron chi connectivity index (χ1n) is 7.16. The van der Waals surface area contributed by atoms with Crippen LogP contribution in [0.15, 0.2) is 48.7 Å². The number of anilines is 1. The monoisotopic (exact) mass is 336 g/mol. The molecule has 5 heteroatoms. The van der Waals surface area contributed by atoms with E-state index in [0.29, 0.717) is 23.9 Å². The number of hydrogen-bond donors (Lipinski definition) is 0. The minimum absolute atomic E-state index is 0. The highest BCUT2D eigenvalue weighted by Crippen LogP contribution is 2.26. The zero-order chi connectivity index (χ0) is 14.7. The summed E-state index contributed by atoms with van der Waals surface area (Å²) in [4.78, 5) is 19.1. The van der Waals surface area contributed by atoms with E-state index in [1.165, 1.54) is 0 Å². The topological polar surface area (TPSA) is 33.2 Å². The zero-order valence-electron chi connectivity index (χ0n) is 12.1. The van der Waals surface area contributed by atoms with Gasteiger partial charge in [0.05, 0.1) is 11.3 Å². The first-order valence-corrected chi connectivity index (χ1v) is 7.70. The molecule has 0 spiro atoms. The van der Waals surface area contributed by atoms with Gasteiger partial charge in [0.15, 0.2) is 0 Å². The summed E-state index contributed by atoms with van der Waals surface area (Å²) >= 11 is 5.92. The van der Waals surface area contributed by atoms with E-state index in [0.717, 1.165) is 24.2 Å². The third-order valence-corrected chi connectivity index (χ3v) is 4.09. The second-order valence-corrected chi connectivity index (χ2v) is 5.67. The second-order valence-electron chi connectivity index (χ2n) is 5.30. The Bertz CT molecular complexity index is 634. The van der Waals surface area contributed by atoms with E-state index in [4.69, 9.17) is 11.6 Å². The summed E-state index contributed by atoms with van der Waals surface area (Å²) in [5, 5.41) is 0. The summed E-state index contributed by atoms with van der Waals surface area (Å²) in [5.41, 5.74) is 2.52. The minimum Gasteiger partial charge on any atom is -0.308 e. The van der Waals surface area contributed by atoms with Crippen molar-refractivity contribution in [2.24, 2.45) is 5.92 Å². The Morgan fingerprint density at radius 2 is 1.95 bits per heavy atom. The van der Waals surface area contributed by atoms with Crippen LogP contribution in [0.3, 0.4) is 0 Å². The molecule has 116 valence electrons. The fraction of sp³-hybridized carbons (Fsp3) is 0.294. The maximum absolute atomic E-state index is 12.8. The Labute approximate surface area is 141 Å². The Kier molecular flexibility index (Phi) is 5.81. The number of halogens is 2. The third-order valence-electron chi connectivity index (χ3n) is 3.87. The summed E-state index contributed by atoms with van der Waals surface area (Å²) < 4.78 is 0. The van der Waals surface area contributed by atoms with Crippen LogP contribution in [0, 0.1) is 5.92 Å². The normalized spacial score (nSPS) is 17.4. The largest absolute Gasteiger partial charge is 0.308 e. The highest BCUT2D eigenvalue weighted by atomic mass is 35.5. The van der Waals surface area contributed by atoms with E-state index in [-0.39, 0.29) is 18.3 Å². The molecule has 0 fully saturated rings. The predicted molar refractivity (Wildman–Crippen MR) is 92.1 cm³/mol. The number of para-hydroxylation sites is 1. The lowest BCUT2D eigenvalue weighted by molar-refractivity contribution is 0.0986. The van der Waals surface area contributed by atoms with Crippen molar-refractivity contribution < 1.29 is 4.79 Å². The lowest BCUT2D eigenvalue weighted by atomic mass is 9.99. The fourth-order valence-corrected chi connectivity index (χ4v) is 3.11. The molecular formula is C17H18Cl2N2O. The van der Waals surface area contributed by atoms with Crippen LogP contribution in [-0.4, -0.2) is 23.3 Å². The van der Waals surface area contributed by atoms with Gasteiger partial charge in [-0.1, -0.05) is 18.2 Å². The summed E-state index contributed by atoms with van der Waals surface area (Å²) in [6.45, 7) is 0.686. The fourth-order valence-electron chi connectivity index (χ4n) is 2.80. The number of hydrogen-bond acceptors (Lipinski definition) is 2. The summed E-state index contributed by atoms with van der Waals surface area (Å²) in [5.74, 6) is 0.966. The Morgan fingerprint density at radius 1 is 1.18 bits per heavy atom. The van der Waals surface area contributed by atoms with Crippen molar-refractivity contribution >= 4 is 35.6 Å². The van der Waals surface area contributed by atoms with Crippen molar-refractivity contribution in [1.82, 2.24) is 4.98 Å². The van der Waals surface area contributed by atoms with Gasteiger partial charge in [-0.3, -0.25) is 9.78 Å². The average molecular weight is 337 g/mol. The molecule has 1 aromatic carbocycles. The third kappa shape index (κ3) is 3.42. The quantitative estimate of drug-likeness (QED) is 0.795. The molecule has 2 heterocycles. The zero-order valence-corrected chi connectivity index (χ0v) is 13.7.